The van der Waals surface area contributed by atoms with Crippen LogP contribution in [0.1, 0.15) is 19.8 Å². The van der Waals surface area contributed by atoms with Gasteiger partial charge in [0.25, 0.3) is 0 Å². The van der Waals surface area contributed by atoms with Gasteiger partial charge >= 0.3 is 11.3 Å². The molecule has 2 unspecified atom stereocenters. The number of hydroxylamine groups is 1. The number of amidine groups is 1. The summed E-state index contributed by atoms with van der Waals surface area (Å²) in [5.74, 6) is 0.424. The van der Waals surface area contributed by atoms with Crippen LogP contribution in [0.3, 0.4) is 0 Å². The van der Waals surface area contributed by atoms with Gasteiger partial charge in [-0.05, 0) is 12.8 Å². The van der Waals surface area contributed by atoms with Crippen molar-refractivity contribution >= 4 is 17.1 Å². The van der Waals surface area contributed by atoms with Gasteiger partial charge in [-0.25, -0.2) is 9.69 Å². The maximum absolute atomic E-state index is 10.7. The van der Waals surface area contributed by atoms with Crippen LogP contribution in [-0.4, -0.2) is 16.1 Å². The van der Waals surface area contributed by atoms with Crippen LogP contribution in [0.5, 0.6) is 0 Å². The molecule has 2 atom stereocenters. The Balaban J connectivity index is 2.48. The molecule has 6 heteroatoms. The lowest BCUT2D eigenvalue weighted by molar-refractivity contribution is 0.301. The standard InChI is InChI=1S/C7H13N3O2S/c1-3-5(2)4-6(8)7-9-12-13(11)10-7/h6H,2-4,8H2,1H3,(H,9,10). The first-order valence-electron chi connectivity index (χ1n) is 3.99. The molecule has 0 saturated carbocycles. The van der Waals surface area contributed by atoms with Gasteiger partial charge in [0, 0.05) is 0 Å². The van der Waals surface area contributed by atoms with Crippen molar-refractivity contribution in [3.63, 3.8) is 0 Å². The van der Waals surface area contributed by atoms with Gasteiger partial charge in [-0.2, -0.15) is 4.28 Å². The third kappa shape index (κ3) is 2.91. The fourth-order valence-corrected chi connectivity index (χ4v) is 1.42. The van der Waals surface area contributed by atoms with Crippen molar-refractivity contribution in [1.29, 1.82) is 0 Å². The summed E-state index contributed by atoms with van der Waals surface area (Å²) in [6.45, 7) is 5.83. The molecule has 1 rings (SSSR count). The first kappa shape index (κ1) is 10.4. The zero-order chi connectivity index (χ0) is 9.84. The van der Waals surface area contributed by atoms with E-state index in [2.05, 4.69) is 20.7 Å². The van der Waals surface area contributed by atoms with Crippen molar-refractivity contribution in [1.82, 2.24) is 5.48 Å². The molecule has 0 bridgehead atoms. The minimum atomic E-state index is -1.62. The van der Waals surface area contributed by atoms with E-state index >= 15 is 0 Å². The Hall–Kier alpha value is -0.720. The van der Waals surface area contributed by atoms with Crippen LogP contribution in [0.4, 0.5) is 0 Å². The van der Waals surface area contributed by atoms with Crippen molar-refractivity contribution in [2.24, 2.45) is 10.1 Å². The van der Waals surface area contributed by atoms with E-state index in [-0.39, 0.29) is 6.04 Å². The van der Waals surface area contributed by atoms with E-state index in [1.165, 1.54) is 0 Å². The van der Waals surface area contributed by atoms with Gasteiger partial charge in [-0.3, -0.25) is 0 Å². The number of nitrogens with one attached hydrogen (secondary N) is 1. The number of hydrogen-bond donors (Lipinski definition) is 2. The molecule has 0 saturated heterocycles. The van der Waals surface area contributed by atoms with Gasteiger partial charge in [-0.15, -0.1) is 4.40 Å². The highest BCUT2D eigenvalue weighted by Crippen LogP contribution is 2.08. The average Bonchev–Trinajstić information content (AvgIpc) is 2.51. The molecule has 0 spiro atoms. The lowest BCUT2D eigenvalue weighted by Crippen LogP contribution is -2.37. The number of nitrogens with two attached hydrogens (primary N) is 1. The highest BCUT2D eigenvalue weighted by molar-refractivity contribution is 7.79. The molecule has 1 aliphatic heterocycles. The van der Waals surface area contributed by atoms with Gasteiger partial charge in [-0.1, -0.05) is 19.1 Å². The summed E-state index contributed by atoms with van der Waals surface area (Å²) in [5, 5.41) is 0. The van der Waals surface area contributed by atoms with Gasteiger partial charge < -0.3 is 5.73 Å². The highest BCUT2D eigenvalue weighted by atomic mass is 32.2. The molecule has 0 amide bonds. The van der Waals surface area contributed by atoms with E-state index in [9.17, 15) is 4.21 Å². The average molecular weight is 203 g/mol. The quantitative estimate of drug-likeness (QED) is 0.639. The first-order chi connectivity index (χ1) is 6.13. The predicted octanol–water partition coefficient (Wildman–Crippen LogP) is 0.182. The lowest BCUT2D eigenvalue weighted by atomic mass is 10.1. The van der Waals surface area contributed by atoms with E-state index in [1.807, 2.05) is 6.92 Å². The molecule has 0 aliphatic carbocycles. The SMILES string of the molecule is C=C(CC)CC(N)C1=NS(=O)ON1. The van der Waals surface area contributed by atoms with E-state index in [1.54, 1.807) is 0 Å². The second-order valence-corrected chi connectivity index (χ2v) is 3.58. The molecule has 1 heterocycles. The molecule has 74 valence electrons. The maximum atomic E-state index is 10.7. The molecule has 0 fully saturated rings. The van der Waals surface area contributed by atoms with Crippen LogP contribution in [0.2, 0.25) is 0 Å². The largest absolute Gasteiger partial charge is 0.321 e. The molecule has 0 aromatic rings. The molecule has 1 aliphatic rings. The summed E-state index contributed by atoms with van der Waals surface area (Å²) in [7, 11) is 0. The summed E-state index contributed by atoms with van der Waals surface area (Å²) in [6, 6.07) is -0.307. The summed E-state index contributed by atoms with van der Waals surface area (Å²) < 4.78 is 18.8. The van der Waals surface area contributed by atoms with Crippen molar-refractivity contribution < 1.29 is 8.49 Å². The third-order valence-corrected chi connectivity index (χ3v) is 2.32. The van der Waals surface area contributed by atoms with Crippen LogP contribution in [-0.2, 0) is 15.6 Å². The lowest BCUT2D eigenvalue weighted by Gasteiger charge is -2.10. The number of rotatable bonds is 4. The zero-order valence-electron chi connectivity index (χ0n) is 7.45. The summed E-state index contributed by atoms with van der Waals surface area (Å²) in [6.07, 6.45) is 1.51. The zero-order valence-corrected chi connectivity index (χ0v) is 8.26. The second-order valence-electron chi connectivity index (χ2n) is 2.79. The van der Waals surface area contributed by atoms with Gasteiger partial charge in [0.2, 0.25) is 0 Å². The van der Waals surface area contributed by atoms with E-state index in [0.717, 1.165) is 12.0 Å². The maximum Gasteiger partial charge on any atom is 0.309 e. The Morgan fingerprint density at radius 1 is 1.92 bits per heavy atom. The third-order valence-electron chi connectivity index (χ3n) is 1.75. The van der Waals surface area contributed by atoms with E-state index < -0.39 is 11.3 Å². The van der Waals surface area contributed by atoms with Crippen molar-refractivity contribution in [3.05, 3.63) is 12.2 Å². The molecule has 3 N–H and O–H groups in total. The minimum Gasteiger partial charge on any atom is -0.321 e. The van der Waals surface area contributed by atoms with Crippen LogP contribution >= 0.6 is 0 Å². The Morgan fingerprint density at radius 2 is 2.62 bits per heavy atom. The molecular formula is C7H13N3O2S. The topological polar surface area (TPSA) is 76.7 Å². The van der Waals surface area contributed by atoms with Gasteiger partial charge in [0.1, 0.15) is 0 Å². The van der Waals surface area contributed by atoms with Crippen LogP contribution in [0.25, 0.3) is 0 Å². The Kier molecular flexibility index (Phi) is 3.58. The second kappa shape index (κ2) is 4.50. The van der Waals surface area contributed by atoms with E-state index in [0.29, 0.717) is 12.3 Å². The fraction of sp³-hybridized carbons (Fsp3) is 0.571. The summed E-state index contributed by atoms with van der Waals surface area (Å²) in [5.41, 5.74) is 9.21. The summed E-state index contributed by atoms with van der Waals surface area (Å²) >= 11 is -1.62. The Labute approximate surface area is 79.8 Å². The monoisotopic (exact) mass is 203 g/mol. The molecular weight excluding hydrogens is 190 g/mol. The normalized spacial score (nSPS) is 23.5. The minimum absolute atomic E-state index is 0.307. The number of hydrogen-bond acceptors (Lipinski definition) is 4. The smallest absolute Gasteiger partial charge is 0.309 e. The van der Waals surface area contributed by atoms with Crippen LogP contribution < -0.4 is 11.2 Å². The molecule has 0 aromatic heterocycles. The molecule has 5 nitrogen and oxygen atoms in total. The fourth-order valence-electron chi connectivity index (χ4n) is 0.891. The summed E-state index contributed by atoms with van der Waals surface area (Å²) in [4.78, 5) is 0. The highest BCUT2D eigenvalue weighted by Gasteiger charge is 2.19. The first-order valence-corrected chi connectivity index (χ1v) is 5.02. The van der Waals surface area contributed by atoms with Crippen LogP contribution in [0, 0.1) is 0 Å². The molecule has 13 heavy (non-hydrogen) atoms. The van der Waals surface area contributed by atoms with Gasteiger partial charge in [0.15, 0.2) is 5.84 Å². The van der Waals surface area contributed by atoms with Gasteiger partial charge in [0.05, 0.1) is 6.04 Å². The van der Waals surface area contributed by atoms with Crippen LogP contribution in [0.15, 0.2) is 16.5 Å². The predicted molar refractivity (Wildman–Crippen MR) is 51.8 cm³/mol. The number of nitrogens with zero attached hydrogens (tertiary/aromatic N) is 1. The molecule has 0 radical (unpaired) electrons. The Bertz CT molecular complexity index is 264. The van der Waals surface area contributed by atoms with Crippen molar-refractivity contribution in [2.75, 3.05) is 0 Å². The Morgan fingerprint density at radius 3 is 3.08 bits per heavy atom. The van der Waals surface area contributed by atoms with Crippen molar-refractivity contribution in [3.8, 4) is 0 Å². The van der Waals surface area contributed by atoms with E-state index in [4.69, 9.17) is 5.73 Å². The molecule has 0 aromatic carbocycles. The van der Waals surface area contributed by atoms with Crippen molar-refractivity contribution in [2.45, 2.75) is 25.8 Å².